The Hall–Kier alpha value is -0.770. The number of hydrogen-bond donors (Lipinski definition) is 1. The number of halogens is 2. The van der Waals surface area contributed by atoms with Gasteiger partial charge in [0.05, 0.1) is 7.11 Å². The molecular weight excluding hydrogens is 237 g/mol. The highest BCUT2D eigenvalue weighted by Crippen LogP contribution is 2.13. The first-order chi connectivity index (χ1) is 6.69. The zero-order valence-corrected chi connectivity index (χ0v) is 9.85. The Morgan fingerprint density at radius 3 is 2.40 bits per heavy atom. The molecule has 0 saturated carbocycles. The summed E-state index contributed by atoms with van der Waals surface area (Å²) >= 11 is 5.63. The van der Waals surface area contributed by atoms with E-state index in [-0.39, 0.29) is 12.4 Å². The van der Waals surface area contributed by atoms with Crippen molar-refractivity contribution in [1.82, 2.24) is 0 Å². The molecule has 0 aliphatic heterocycles. The molecule has 5 heteroatoms. The molecule has 3 nitrogen and oxygen atoms in total. The Labute approximate surface area is 100.0 Å². The maximum atomic E-state index is 11.1. The monoisotopic (exact) mass is 249 g/mol. The van der Waals surface area contributed by atoms with Gasteiger partial charge in [0.25, 0.3) is 0 Å². The van der Waals surface area contributed by atoms with Crippen LogP contribution in [0.5, 0.6) is 0 Å². The maximum absolute atomic E-state index is 11.1. The van der Waals surface area contributed by atoms with Gasteiger partial charge in [0.1, 0.15) is 6.04 Å². The van der Waals surface area contributed by atoms with Crippen LogP contribution in [0.4, 0.5) is 0 Å². The summed E-state index contributed by atoms with van der Waals surface area (Å²) < 4.78 is 4.53. The summed E-state index contributed by atoms with van der Waals surface area (Å²) in [5, 5.41) is 0. The van der Waals surface area contributed by atoms with Crippen LogP contribution in [0, 0.1) is 0 Å². The number of rotatable bonds is 3. The Balaban J connectivity index is 0.00000196. The highest BCUT2D eigenvalue weighted by Gasteiger charge is 2.15. The number of carbonyl (C=O) groups excluding carboxylic acids is 1. The number of benzene rings is 1. The third-order valence-electron chi connectivity index (χ3n) is 1.95. The number of methoxy groups -OCH3 is 1. The van der Waals surface area contributed by atoms with E-state index in [2.05, 4.69) is 4.74 Å². The van der Waals surface area contributed by atoms with Gasteiger partial charge in [-0.1, -0.05) is 24.3 Å². The molecule has 0 radical (unpaired) electrons. The minimum Gasteiger partial charge on any atom is -0.468 e. The van der Waals surface area contributed by atoms with Gasteiger partial charge in [0.2, 0.25) is 0 Å². The molecule has 1 rings (SSSR count). The van der Waals surface area contributed by atoms with Gasteiger partial charge in [-0.2, -0.15) is 0 Å². The van der Waals surface area contributed by atoms with Crippen molar-refractivity contribution >= 4 is 30.0 Å². The van der Waals surface area contributed by atoms with Crippen molar-refractivity contribution in [3.63, 3.8) is 0 Å². The van der Waals surface area contributed by atoms with Gasteiger partial charge < -0.3 is 10.5 Å². The summed E-state index contributed by atoms with van der Waals surface area (Å²) in [5.41, 5.74) is 7.35. The standard InChI is InChI=1S/C10H12ClNO2.ClH/c1-14-10(13)9(12)8-4-2-7(6-11)3-5-8;/h2-5,9H,6,12H2,1H3;1H. The Morgan fingerprint density at radius 1 is 1.47 bits per heavy atom. The van der Waals surface area contributed by atoms with Gasteiger partial charge in [0, 0.05) is 5.88 Å². The lowest BCUT2D eigenvalue weighted by atomic mass is 10.1. The lowest BCUT2D eigenvalue weighted by Crippen LogP contribution is -2.22. The molecule has 1 aromatic rings. The molecule has 0 aromatic heterocycles. The summed E-state index contributed by atoms with van der Waals surface area (Å²) in [6, 6.07) is 6.51. The number of carbonyl (C=O) groups is 1. The van der Waals surface area contributed by atoms with Crippen LogP contribution in [0.15, 0.2) is 24.3 Å². The molecule has 2 N–H and O–H groups in total. The van der Waals surface area contributed by atoms with E-state index in [9.17, 15) is 4.79 Å². The molecule has 0 bridgehead atoms. The Morgan fingerprint density at radius 2 is 2.00 bits per heavy atom. The lowest BCUT2D eigenvalue weighted by Gasteiger charge is -2.09. The zero-order chi connectivity index (χ0) is 10.6. The van der Waals surface area contributed by atoms with E-state index in [0.717, 1.165) is 11.1 Å². The molecule has 0 saturated heterocycles. The minimum absolute atomic E-state index is 0. The molecule has 0 aliphatic rings. The number of hydrogen-bond acceptors (Lipinski definition) is 3. The molecule has 1 unspecified atom stereocenters. The van der Waals surface area contributed by atoms with Crippen LogP contribution in [-0.4, -0.2) is 13.1 Å². The summed E-state index contributed by atoms with van der Waals surface area (Å²) in [4.78, 5) is 11.1. The first kappa shape index (κ1) is 14.2. The second-order valence-corrected chi connectivity index (χ2v) is 3.14. The molecule has 0 spiro atoms. The van der Waals surface area contributed by atoms with Crippen molar-refractivity contribution in [2.24, 2.45) is 5.73 Å². The second kappa shape index (κ2) is 6.67. The summed E-state index contributed by atoms with van der Waals surface area (Å²) in [5.74, 6) is 0.0110. The topological polar surface area (TPSA) is 52.3 Å². The molecule has 1 aromatic carbocycles. The number of nitrogens with two attached hydrogens (primary N) is 1. The Bertz CT molecular complexity index is 314. The number of ether oxygens (including phenoxy) is 1. The zero-order valence-electron chi connectivity index (χ0n) is 8.27. The fraction of sp³-hybridized carbons (Fsp3) is 0.300. The van der Waals surface area contributed by atoms with E-state index in [4.69, 9.17) is 17.3 Å². The number of alkyl halides is 1. The van der Waals surface area contributed by atoms with Crippen molar-refractivity contribution in [3.8, 4) is 0 Å². The van der Waals surface area contributed by atoms with Crippen LogP contribution in [-0.2, 0) is 15.4 Å². The first-order valence-electron chi connectivity index (χ1n) is 4.17. The fourth-order valence-electron chi connectivity index (χ4n) is 1.08. The molecule has 0 fully saturated rings. The molecular formula is C10H13Cl2NO2. The highest BCUT2D eigenvalue weighted by atomic mass is 35.5. The van der Waals surface area contributed by atoms with Crippen LogP contribution in [0.1, 0.15) is 17.2 Å². The lowest BCUT2D eigenvalue weighted by molar-refractivity contribution is -0.142. The van der Waals surface area contributed by atoms with Crippen molar-refractivity contribution in [2.45, 2.75) is 11.9 Å². The molecule has 0 aliphatic carbocycles. The second-order valence-electron chi connectivity index (χ2n) is 2.88. The van der Waals surface area contributed by atoms with Crippen molar-refractivity contribution < 1.29 is 9.53 Å². The molecule has 84 valence electrons. The average molecular weight is 250 g/mol. The van der Waals surface area contributed by atoms with Gasteiger partial charge in [-0.25, -0.2) is 0 Å². The normalized spacial score (nSPS) is 11.4. The van der Waals surface area contributed by atoms with Crippen molar-refractivity contribution in [3.05, 3.63) is 35.4 Å². The summed E-state index contributed by atoms with van der Waals surface area (Å²) in [6.07, 6.45) is 0. The third kappa shape index (κ3) is 3.70. The van der Waals surface area contributed by atoms with Crippen LogP contribution < -0.4 is 5.73 Å². The van der Waals surface area contributed by atoms with Crippen LogP contribution in [0.25, 0.3) is 0 Å². The third-order valence-corrected chi connectivity index (χ3v) is 2.26. The van der Waals surface area contributed by atoms with Gasteiger partial charge in [0.15, 0.2) is 0 Å². The van der Waals surface area contributed by atoms with Gasteiger partial charge in [-0.3, -0.25) is 4.79 Å². The minimum atomic E-state index is -0.718. The fourth-order valence-corrected chi connectivity index (χ4v) is 1.26. The van der Waals surface area contributed by atoms with Gasteiger partial charge >= 0.3 is 5.97 Å². The quantitative estimate of drug-likeness (QED) is 0.659. The molecule has 0 heterocycles. The molecule has 15 heavy (non-hydrogen) atoms. The summed E-state index contributed by atoms with van der Waals surface area (Å²) in [7, 11) is 1.31. The van der Waals surface area contributed by atoms with Gasteiger partial charge in [-0.05, 0) is 11.1 Å². The maximum Gasteiger partial charge on any atom is 0.327 e. The summed E-state index contributed by atoms with van der Waals surface area (Å²) in [6.45, 7) is 0. The predicted octanol–water partition coefficient (Wildman–Crippen LogP) is 2.02. The predicted molar refractivity (Wildman–Crippen MR) is 62.2 cm³/mol. The van der Waals surface area contributed by atoms with E-state index >= 15 is 0 Å². The average Bonchev–Trinajstić information content (AvgIpc) is 2.27. The first-order valence-corrected chi connectivity index (χ1v) is 4.70. The van der Waals surface area contributed by atoms with Crippen molar-refractivity contribution in [1.29, 1.82) is 0 Å². The molecule has 1 atom stereocenters. The number of esters is 1. The van der Waals surface area contributed by atoms with E-state index in [1.807, 2.05) is 12.1 Å². The van der Waals surface area contributed by atoms with E-state index in [0.29, 0.717) is 5.88 Å². The van der Waals surface area contributed by atoms with Crippen LogP contribution >= 0.6 is 24.0 Å². The van der Waals surface area contributed by atoms with E-state index in [1.54, 1.807) is 12.1 Å². The van der Waals surface area contributed by atoms with E-state index < -0.39 is 12.0 Å². The van der Waals surface area contributed by atoms with Crippen LogP contribution in [0.2, 0.25) is 0 Å². The SMILES string of the molecule is COC(=O)C(N)c1ccc(CCl)cc1.Cl. The Kier molecular flexibility index (Phi) is 6.32. The highest BCUT2D eigenvalue weighted by molar-refractivity contribution is 6.17. The van der Waals surface area contributed by atoms with Crippen molar-refractivity contribution in [2.75, 3.05) is 7.11 Å². The van der Waals surface area contributed by atoms with Crippen LogP contribution in [0.3, 0.4) is 0 Å². The smallest absolute Gasteiger partial charge is 0.327 e. The van der Waals surface area contributed by atoms with E-state index in [1.165, 1.54) is 7.11 Å². The van der Waals surface area contributed by atoms with Gasteiger partial charge in [-0.15, -0.1) is 24.0 Å². The largest absolute Gasteiger partial charge is 0.468 e. The molecule has 0 amide bonds.